The Labute approximate surface area is 131 Å². The highest BCUT2D eigenvalue weighted by atomic mass is 19.1. The molecular weight excluding hydrogens is 299 g/mol. The first-order chi connectivity index (χ1) is 10.9. The lowest BCUT2D eigenvalue weighted by atomic mass is 9.87. The number of anilines is 1. The van der Waals surface area contributed by atoms with Gasteiger partial charge in [0.2, 0.25) is 5.78 Å². The number of carbonyl (C=O) groups is 1. The molecule has 1 atom stereocenters. The third-order valence-electron chi connectivity index (χ3n) is 4.45. The molecule has 1 aromatic carbocycles. The van der Waals surface area contributed by atoms with Crippen molar-refractivity contribution in [2.24, 2.45) is 12.0 Å². The number of aliphatic imine (C=N–C) groups is 1. The Bertz CT molecular complexity index is 873. The van der Waals surface area contributed by atoms with E-state index in [1.54, 1.807) is 35.9 Å². The van der Waals surface area contributed by atoms with Crippen molar-refractivity contribution in [1.29, 1.82) is 0 Å². The number of nitrogens with zero attached hydrogens (tertiary/aromatic N) is 4. The van der Waals surface area contributed by atoms with Crippen molar-refractivity contribution < 1.29 is 14.3 Å². The van der Waals surface area contributed by atoms with Crippen LogP contribution in [0, 0.1) is 12.7 Å². The van der Waals surface area contributed by atoms with Crippen molar-refractivity contribution >= 4 is 23.0 Å². The van der Waals surface area contributed by atoms with Crippen molar-refractivity contribution in [3.63, 3.8) is 0 Å². The summed E-state index contributed by atoms with van der Waals surface area (Å²) in [5.74, 6) is -0.682. The van der Waals surface area contributed by atoms with E-state index in [9.17, 15) is 14.3 Å². The van der Waals surface area contributed by atoms with E-state index >= 15 is 0 Å². The van der Waals surface area contributed by atoms with Crippen LogP contribution in [-0.2, 0) is 7.05 Å². The normalized spacial score (nSPS) is 22.9. The number of ketones is 1. The number of amidine groups is 1. The van der Waals surface area contributed by atoms with Crippen LogP contribution in [0.2, 0.25) is 0 Å². The molecule has 118 valence electrons. The Morgan fingerprint density at radius 1 is 1.39 bits per heavy atom. The highest BCUT2D eigenvalue weighted by Crippen LogP contribution is 2.40. The Kier molecular flexibility index (Phi) is 2.74. The summed E-state index contributed by atoms with van der Waals surface area (Å²) in [5, 5.41) is 15.0. The second kappa shape index (κ2) is 4.48. The van der Waals surface area contributed by atoms with Gasteiger partial charge < -0.3 is 10.0 Å². The Hall–Kier alpha value is -2.54. The molecule has 4 rings (SSSR count). The number of hydrogen-bond donors (Lipinski definition) is 1. The molecule has 1 N–H and O–H groups in total. The van der Waals surface area contributed by atoms with Crippen LogP contribution in [0.5, 0.6) is 0 Å². The number of halogens is 1. The van der Waals surface area contributed by atoms with Gasteiger partial charge in [0.1, 0.15) is 11.7 Å². The van der Waals surface area contributed by atoms with Crippen LogP contribution in [0.15, 0.2) is 29.5 Å². The number of fused-ring (bicyclic) bond motifs is 2. The molecule has 7 heteroatoms. The van der Waals surface area contributed by atoms with Gasteiger partial charge >= 0.3 is 0 Å². The Balaban J connectivity index is 1.89. The number of carbonyl (C=O) groups excluding carboxylic acids is 1. The molecule has 0 saturated carbocycles. The molecule has 2 aliphatic rings. The summed E-state index contributed by atoms with van der Waals surface area (Å²) < 4.78 is 15.4. The van der Waals surface area contributed by atoms with E-state index in [4.69, 9.17) is 0 Å². The molecule has 1 fully saturated rings. The predicted molar refractivity (Wildman–Crippen MR) is 82.7 cm³/mol. The van der Waals surface area contributed by atoms with Crippen molar-refractivity contribution in [2.45, 2.75) is 18.9 Å². The third-order valence-corrected chi connectivity index (χ3v) is 4.45. The van der Waals surface area contributed by atoms with Crippen molar-refractivity contribution in [3.8, 4) is 0 Å². The van der Waals surface area contributed by atoms with Crippen LogP contribution in [0.3, 0.4) is 0 Å². The van der Waals surface area contributed by atoms with Crippen molar-refractivity contribution in [2.75, 3.05) is 11.4 Å². The zero-order valence-corrected chi connectivity index (χ0v) is 12.7. The highest BCUT2D eigenvalue weighted by molar-refractivity contribution is 6.28. The average molecular weight is 314 g/mol. The van der Waals surface area contributed by atoms with Gasteiger partial charge in [-0.3, -0.25) is 9.48 Å². The minimum atomic E-state index is -1.70. The minimum absolute atomic E-state index is 0.132. The summed E-state index contributed by atoms with van der Waals surface area (Å²) >= 11 is 0. The topological polar surface area (TPSA) is 70.7 Å². The summed E-state index contributed by atoms with van der Waals surface area (Å²) in [6.45, 7) is 2.07. The molecule has 23 heavy (non-hydrogen) atoms. The monoisotopic (exact) mass is 314 g/mol. The molecule has 2 aromatic rings. The fourth-order valence-electron chi connectivity index (χ4n) is 3.16. The number of aromatic nitrogens is 2. The minimum Gasteiger partial charge on any atom is -0.374 e. The molecule has 3 heterocycles. The van der Waals surface area contributed by atoms with E-state index in [0.717, 1.165) is 11.8 Å². The summed E-state index contributed by atoms with van der Waals surface area (Å²) in [6, 6.07) is 2.70. The average Bonchev–Trinajstić information content (AvgIpc) is 3.07. The van der Waals surface area contributed by atoms with Gasteiger partial charge in [-0.15, -0.1) is 0 Å². The molecule has 1 saturated heterocycles. The molecule has 2 aliphatic heterocycles. The summed E-state index contributed by atoms with van der Waals surface area (Å²) in [5.41, 5.74) is -0.00358. The van der Waals surface area contributed by atoms with Gasteiger partial charge in [-0.05, 0) is 24.6 Å². The van der Waals surface area contributed by atoms with Gasteiger partial charge in [0.05, 0.1) is 17.6 Å². The number of Topliss-reactive ketones (excluding diaryl/α,β-unsaturated/α-hetero) is 1. The van der Waals surface area contributed by atoms with Gasteiger partial charge in [-0.1, -0.05) is 0 Å². The maximum Gasteiger partial charge on any atom is 0.204 e. The summed E-state index contributed by atoms with van der Waals surface area (Å²) in [4.78, 5) is 19.0. The Morgan fingerprint density at radius 2 is 2.17 bits per heavy atom. The lowest BCUT2D eigenvalue weighted by Gasteiger charge is -2.29. The predicted octanol–water partition coefficient (Wildman–Crippen LogP) is 1.74. The zero-order chi connectivity index (χ0) is 16.4. The van der Waals surface area contributed by atoms with Gasteiger partial charge in [0.25, 0.3) is 0 Å². The largest absolute Gasteiger partial charge is 0.374 e. The second-order valence-electron chi connectivity index (χ2n) is 6.02. The van der Waals surface area contributed by atoms with Crippen LogP contribution in [0.4, 0.5) is 15.8 Å². The number of hydrogen-bond acceptors (Lipinski definition) is 5. The van der Waals surface area contributed by atoms with Gasteiger partial charge in [-0.25, -0.2) is 9.38 Å². The number of benzene rings is 1. The molecule has 1 aromatic heterocycles. The van der Waals surface area contributed by atoms with Gasteiger partial charge in [0, 0.05) is 31.8 Å². The highest BCUT2D eigenvalue weighted by Gasteiger charge is 2.52. The molecule has 0 radical (unpaired) electrons. The maximum absolute atomic E-state index is 13.8. The summed E-state index contributed by atoms with van der Waals surface area (Å²) in [7, 11) is 1.79. The molecule has 0 amide bonds. The third kappa shape index (κ3) is 1.86. The molecule has 0 unspecified atom stereocenters. The smallest absolute Gasteiger partial charge is 0.204 e. The first-order valence-electron chi connectivity index (χ1n) is 7.33. The first kappa shape index (κ1) is 14.1. The standard InChI is InChI=1S/C16H15FN4O2/c1-9-5-13-11(6-12(9)17)14(22)16(23)3-4-21(15(16)19-13)10-7-18-20(2)8-10/h5-8,23H,3-4H2,1-2H3/t16-/m1/s1. The molecule has 6 nitrogen and oxygen atoms in total. The van der Waals surface area contributed by atoms with Gasteiger partial charge in [-0.2, -0.15) is 5.10 Å². The van der Waals surface area contributed by atoms with Crippen LogP contribution in [-0.4, -0.2) is 38.7 Å². The first-order valence-corrected chi connectivity index (χ1v) is 7.33. The molecule has 0 spiro atoms. The molecule has 0 bridgehead atoms. The van der Waals surface area contributed by atoms with E-state index in [-0.39, 0.29) is 17.8 Å². The van der Waals surface area contributed by atoms with Crippen molar-refractivity contribution in [3.05, 3.63) is 41.5 Å². The number of aryl methyl sites for hydroxylation is 2. The quantitative estimate of drug-likeness (QED) is 0.870. The maximum atomic E-state index is 13.8. The van der Waals surface area contributed by atoms with Gasteiger partial charge in [0.15, 0.2) is 5.60 Å². The molecule has 0 aliphatic carbocycles. The second-order valence-corrected chi connectivity index (χ2v) is 6.02. The lowest BCUT2D eigenvalue weighted by molar-refractivity contribution is 0.0601. The van der Waals surface area contributed by atoms with Crippen LogP contribution in [0.25, 0.3) is 0 Å². The van der Waals surface area contributed by atoms with Crippen LogP contribution >= 0.6 is 0 Å². The van der Waals surface area contributed by atoms with E-state index in [2.05, 4.69) is 10.1 Å². The number of rotatable bonds is 1. The zero-order valence-electron chi connectivity index (χ0n) is 12.7. The van der Waals surface area contributed by atoms with E-state index in [1.165, 1.54) is 6.07 Å². The van der Waals surface area contributed by atoms with E-state index in [0.29, 0.717) is 17.8 Å². The number of aliphatic hydroxyl groups is 1. The van der Waals surface area contributed by atoms with E-state index < -0.39 is 17.2 Å². The summed E-state index contributed by atoms with van der Waals surface area (Å²) in [6.07, 6.45) is 3.67. The van der Waals surface area contributed by atoms with Crippen LogP contribution in [0.1, 0.15) is 22.3 Å². The van der Waals surface area contributed by atoms with E-state index in [1.807, 2.05) is 0 Å². The van der Waals surface area contributed by atoms with Crippen molar-refractivity contribution in [1.82, 2.24) is 9.78 Å². The lowest BCUT2D eigenvalue weighted by Crippen LogP contribution is -2.48. The SMILES string of the molecule is Cc1cc2c(cc1F)C(=O)[C@]1(O)CCN(c3cnn(C)c3)C1=N2. The fraction of sp³-hybridized carbons (Fsp3) is 0.312. The molecular formula is C16H15FN4O2. The Morgan fingerprint density at radius 3 is 2.87 bits per heavy atom. The van der Waals surface area contributed by atoms with Crippen LogP contribution < -0.4 is 4.90 Å². The fourth-order valence-corrected chi connectivity index (χ4v) is 3.16.